The number of pyridine rings is 1. The molecule has 1 aliphatic rings. The van der Waals surface area contributed by atoms with E-state index in [0.717, 1.165) is 25.5 Å². The highest BCUT2D eigenvalue weighted by Crippen LogP contribution is 2.21. The molecule has 21 heavy (non-hydrogen) atoms. The summed E-state index contributed by atoms with van der Waals surface area (Å²) in [4.78, 5) is 6.71. The Morgan fingerprint density at radius 2 is 2.05 bits per heavy atom. The number of nitriles is 1. The molecule has 2 rings (SSSR count). The maximum atomic E-state index is 8.78. The predicted molar refractivity (Wildman–Crippen MR) is 83.1 cm³/mol. The summed E-state index contributed by atoms with van der Waals surface area (Å²) in [5.41, 5.74) is 0.595. The van der Waals surface area contributed by atoms with Crippen molar-refractivity contribution in [1.82, 2.24) is 9.88 Å². The summed E-state index contributed by atoms with van der Waals surface area (Å²) in [7, 11) is 0. The Kier molecular flexibility index (Phi) is 4.81. The van der Waals surface area contributed by atoms with E-state index in [1.165, 1.54) is 0 Å². The van der Waals surface area contributed by atoms with Crippen LogP contribution in [0.1, 0.15) is 33.3 Å². The lowest BCUT2D eigenvalue weighted by Gasteiger charge is -2.45. The summed E-state index contributed by atoms with van der Waals surface area (Å²) in [6, 6.07) is 5.70. The molecule has 1 aromatic heterocycles. The van der Waals surface area contributed by atoms with Gasteiger partial charge in [-0.2, -0.15) is 5.26 Å². The number of rotatable bonds is 4. The number of nitrogens with one attached hydrogen (secondary N) is 1. The smallest absolute Gasteiger partial charge is 0.126 e. The third-order valence-electron chi connectivity index (χ3n) is 3.87. The number of anilines is 1. The normalized spacial score (nSPS) is 23.6. The fraction of sp³-hybridized carbons (Fsp3) is 0.625. The molecule has 0 aromatic carbocycles. The van der Waals surface area contributed by atoms with Crippen molar-refractivity contribution in [3.05, 3.63) is 23.9 Å². The summed E-state index contributed by atoms with van der Waals surface area (Å²) in [6.07, 6.45) is 2.12. The van der Waals surface area contributed by atoms with Crippen LogP contribution in [0.4, 0.5) is 5.82 Å². The van der Waals surface area contributed by atoms with Gasteiger partial charge in [-0.05, 0) is 39.8 Å². The highest BCUT2D eigenvalue weighted by molar-refractivity contribution is 5.39. The number of hydrogen-bond acceptors (Lipinski definition) is 5. The van der Waals surface area contributed by atoms with Gasteiger partial charge in [0.15, 0.2) is 0 Å². The van der Waals surface area contributed by atoms with Crippen LogP contribution < -0.4 is 5.32 Å². The quantitative estimate of drug-likeness (QED) is 0.920. The van der Waals surface area contributed by atoms with Gasteiger partial charge in [0, 0.05) is 31.4 Å². The summed E-state index contributed by atoms with van der Waals surface area (Å²) in [6.45, 7) is 11.4. The minimum Gasteiger partial charge on any atom is -0.373 e. The molecule has 114 valence electrons. The SMILES string of the molecule is C[C@@H]1CN(C(C)(C)CNc2ccc(C#N)cn2)C[C@H](C)O1. The van der Waals surface area contributed by atoms with Crippen molar-refractivity contribution in [3.8, 4) is 6.07 Å². The van der Waals surface area contributed by atoms with Crippen LogP contribution in [0.5, 0.6) is 0 Å². The van der Waals surface area contributed by atoms with Gasteiger partial charge in [-0.1, -0.05) is 0 Å². The second kappa shape index (κ2) is 6.42. The summed E-state index contributed by atoms with van der Waals surface area (Å²) in [5.74, 6) is 0.802. The third-order valence-corrected chi connectivity index (χ3v) is 3.87. The van der Waals surface area contributed by atoms with E-state index >= 15 is 0 Å². The second-order valence-corrected chi connectivity index (χ2v) is 6.37. The van der Waals surface area contributed by atoms with Crippen LogP contribution in [-0.4, -0.2) is 47.3 Å². The Morgan fingerprint density at radius 3 is 2.57 bits per heavy atom. The lowest BCUT2D eigenvalue weighted by molar-refractivity contribution is -0.0933. The van der Waals surface area contributed by atoms with Crippen LogP contribution in [0.25, 0.3) is 0 Å². The van der Waals surface area contributed by atoms with Crippen molar-refractivity contribution in [1.29, 1.82) is 5.26 Å². The van der Waals surface area contributed by atoms with E-state index < -0.39 is 0 Å². The van der Waals surface area contributed by atoms with Gasteiger partial charge in [-0.15, -0.1) is 0 Å². The van der Waals surface area contributed by atoms with Crippen LogP contribution in [0.3, 0.4) is 0 Å². The molecule has 0 saturated carbocycles. The molecule has 0 radical (unpaired) electrons. The van der Waals surface area contributed by atoms with Gasteiger partial charge in [0.2, 0.25) is 0 Å². The third kappa shape index (κ3) is 4.16. The van der Waals surface area contributed by atoms with Crippen LogP contribution in [0.2, 0.25) is 0 Å². The molecule has 0 spiro atoms. The average Bonchev–Trinajstić information content (AvgIpc) is 2.45. The van der Waals surface area contributed by atoms with Gasteiger partial charge < -0.3 is 10.1 Å². The van der Waals surface area contributed by atoms with E-state index in [-0.39, 0.29) is 17.7 Å². The molecule has 0 aliphatic carbocycles. The molecule has 0 amide bonds. The molecular formula is C16H24N4O. The van der Waals surface area contributed by atoms with E-state index in [4.69, 9.17) is 10.00 Å². The first-order valence-corrected chi connectivity index (χ1v) is 7.41. The number of ether oxygens (including phenoxy) is 1. The van der Waals surface area contributed by atoms with E-state index in [1.807, 2.05) is 6.07 Å². The maximum absolute atomic E-state index is 8.78. The van der Waals surface area contributed by atoms with Crippen molar-refractivity contribution in [3.63, 3.8) is 0 Å². The molecule has 1 fully saturated rings. The van der Waals surface area contributed by atoms with Crippen molar-refractivity contribution >= 4 is 5.82 Å². The number of nitrogens with zero attached hydrogens (tertiary/aromatic N) is 3. The van der Waals surface area contributed by atoms with Crippen molar-refractivity contribution < 1.29 is 4.74 Å². The standard InChI is InChI=1S/C16H24N4O/c1-12-9-20(10-13(2)21-12)16(3,4)11-19-15-6-5-14(7-17)8-18-15/h5-6,8,12-13H,9-11H2,1-4H3,(H,18,19)/t12-,13+. The Balaban J connectivity index is 1.95. The molecule has 2 heterocycles. The molecule has 5 heteroatoms. The molecule has 0 bridgehead atoms. The highest BCUT2D eigenvalue weighted by atomic mass is 16.5. The van der Waals surface area contributed by atoms with Crippen molar-refractivity contribution in [2.45, 2.75) is 45.4 Å². The van der Waals surface area contributed by atoms with Gasteiger partial charge in [0.25, 0.3) is 0 Å². The minimum atomic E-state index is 0.0158. The van der Waals surface area contributed by atoms with Crippen molar-refractivity contribution in [2.75, 3.05) is 25.0 Å². The first-order valence-electron chi connectivity index (χ1n) is 7.41. The Labute approximate surface area is 126 Å². The fourth-order valence-electron chi connectivity index (χ4n) is 2.66. The van der Waals surface area contributed by atoms with Gasteiger partial charge >= 0.3 is 0 Å². The van der Waals surface area contributed by atoms with Crippen LogP contribution >= 0.6 is 0 Å². The van der Waals surface area contributed by atoms with Gasteiger partial charge in [-0.25, -0.2) is 4.98 Å². The van der Waals surface area contributed by atoms with E-state index in [1.54, 1.807) is 12.3 Å². The van der Waals surface area contributed by atoms with Crippen molar-refractivity contribution in [2.24, 2.45) is 0 Å². The number of hydrogen-bond donors (Lipinski definition) is 1. The number of morpholine rings is 1. The van der Waals surface area contributed by atoms with E-state index in [0.29, 0.717) is 5.56 Å². The van der Waals surface area contributed by atoms with E-state index in [9.17, 15) is 0 Å². The zero-order valence-corrected chi connectivity index (χ0v) is 13.3. The zero-order valence-electron chi connectivity index (χ0n) is 13.3. The van der Waals surface area contributed by atoms with Crippen LogP contribution in [0, 0.1) is 11.3 Å². The zero-order chi connectivity index (χ0) is 15.5. The van der Waals surface area contributed by atoms with Gasteiger partial charge in [0.1, 0.15) is 11.9 Å². The molecule has 1 aliphatic heterocycles. The molecule has 1 aromatic rings. The largest absolute Gasteiger partial charge is 0.373 e. The predicted octanol–water partition coefficient (Wildman–Crippen LogP) is 2.25. The first kappa shape index (κ1) is 15.7. The second-order valence-electron chi connectivity index (χ2n) is 6.37. The van der Waals surface area contributed by atoms with Crippen LogP contribution in [-0.2, 0) is 4.74 Å². The average molecular weight is 288 g/mol. The first-order chi connectivity index (χ1) is 9.90. The highest BCUT2D eigenvalue weighted by Gasteiger charge is 2.33. The Morgan fingerprint density at radius 1 is 1.38 bits per heavy atom. The van der Waals surface area contributed by atoms with E-state index in [2.05, 4.69) is 49.0 Å². The molecule has 0 unspecified atom stereocenters. The monoisotopic (exact) mass is 288 g/mol. The molecule has 5 nitrogen and oxygen atoms in total. The summed E-state index contributed by atoms with van der Waals surface area (Å²) < 4.78 is 5.79. The maximum Gasteiger partial charge on any atom is 0.126 e. The fourth-order valence-corrected chi connectivity index (χ4v) is 2.66. The number of aromatic nitrogens is 1. The topological polar surface area (TPSA) is 61.2 Å². The Bertz CT molecular complexity index is 496. The van der Waals surface area contributed by atoms with Gasteiger partial charge in [0.05, 0.1) is 17.8 Å². The summed E-state index contributed by atoms with van der Waals surface area (Å²) >= 11 is 0. The lowest BCUT2D eigenvalue weighted by atomic mass is 10.00. The lowest BCUT2D eigenvalue weighted by Crippen LogP contribution is -2.57. The molecule has 1 saturated heterocycles. The summed E-state index contributed by atoms with van der Waals surface area (Å²) in [5, 5.41) is 12.1. The minimum absolute atomic E-state index is 0.0158. The molecule has 2 atom stereocenters. The molecule has 1 N–H and O–H groups in total. The Hall–Kier alpha value is -1.64. The van der Waals surface area contributed by atoms with Crippen LogP contribution in [0.15, 0.2) is 18.3 Å². The molecular weight excluding hydrogens is 264 g/mol. The van der Waals surface area contributed by atoms with Gasteiger partial charge in [-0.3, -0.25) is 4.90 Å².